The Balaban J connectivity index is 1.92. The van der Waals surface area contributed by atoms with E-state index in [1.807, 2.05) is 41.5 Å². The number of hydrogen-bond acceptors (Lipinski definition) is 5. The van der Waals surface area contributed by atoms with Crippen LogP contribution in [0.1, 0.15) is 85.9 Å². The number of sulfonamides is 1. The average Bonchev–Trinajstić information content (AvgIpc) is 3.40. The van der Waals surface area contributed by atoms with Crippen molar-refractivity contribution < 1.29 is 22.7 Å². The predicted molar refractivity (Wildman–Crippen MR) is 147 cm³/mol. The third kappa shape index (κ3) is 5.50. The molecule has 37 heavy (non-hydrogen) atoms. The number of carbonyl (C=O) groups excluding carboxylic acids is 1. The summed E-state index contributed by atoms with van der Waals surface area (Å²) < 4.78 is 40.3. The molecule has 202 valence electrons. The normalized spacial score (nSPS) is 18.0. The Kier molecular flexibility index (Phi) is 7.89. The van der Waals surface area contributed by atoms with E-state index < -0.39 is 27.7 Å². The molecule has 4 rings (SSSR count). The monoisotopic (exact) mass is 527 g/mol. The average molecular weight is 528 g/mol. The van der Waals surface area contributed by atoms with Gasteiger partial charge in [0.25, 0.3) is 0 Å². The van der Waals surface area contributed by atoms with Gasteiger partial charge in [-0.2, -0.15) is 4.31 Å². The van der Waals surface area contributed by atoms with Crippen molar-refractivity contribution in [3.63, 3.8) is 0 Å². The third-order valence-corrected chi connectivity index (χ3v) is 10.2. The molecule has 2 aromatic rings. The van der Waals surface area contributed by atoms with Gasteiger partial charge in [0.15, 0.2) is 6.10 Å². The van der Waals surface area contributed by atoms with Crippen molar-refractivity contribution in [2.24, 2.45) is 0 Å². The van der Waals surface area contributed by atoms with E-state index in [9.17, 15) is 13.2 Å². The second-order valence-corrected chi connectivity index (χ2v) is 13.7. The number of rotatable bonds is 6. The Morgan fingerprint density at radius 1 is 1.00 bits per heavy atom. The highest BCUT2D eigenvalue weighted by Crippen LogP contribution is 2.43. The number of aryl methyl sites for hydroxylation is 1. The quantitative estimate of drug-likeness (QED) is 0.435. The summed E-state index contributed by atoms with van der Waals surface area (Å²) in [6.07, 6.45) is 3.18. The Morgan fingerprint density at radius 3 is 2.19 bits per heavy atom. The summed E-state index contributed by atoms with van der Waals surface area (Å²) in [4.78, 5) is 13.2. The van der Waals surface area contributed by atoms with Crippen LogP contribution in [0, 0.1) is 20.8 Å². The van der Waals surface area contributed by atoms with Gasteiger partial charge in [-0.25, -0.2) is 13.2 Å². The summed E-state index contributed by atoms with van der Waals surface area (Å²) in [6.45, 7) is 12.7. The van der Waals surface area contributed by atoms with Crippen molar-refractivity contribution in [2.45, 2.75) is 97.1 Å². The van der Waals surface area contributed by atoms with Crippen LogP contribution in [-0.4, -0.2) is 43.2 Å². The van der Waals surface area contributed by atoms with Gasteiger partial charge in [0.2, 0.25) is 10.0 Å². The summed E-state index contributed by atoms with van der Waals surface area (Å²) in [7, 11) is -1.96. The molecule has 1 aliphatic carbocycles. The maximum absolute atomic E-state index is 13.5. The first-order valence-corrected chi connectivity index (χ1v) is 14.8. The van der Waals surface area contributed by atoms with Gasteiger partial charge in [-0.1, -0.05) is 42.7 Å². The molecule has 0 N–H and O–H groups in total. The van der Waals surface area contributed by atoms with E-state index in [2.05, 4.69) is 24.3 Å². The van der Waals surface area contributed by atoms with Gasteiger partial charge in [-0.05, 0) is 94.2 Å². The molecule has 0 radical (unpaired) electrons. The molecule has 1 atom stereocenters. The SMILES string of the molecule is COC(=O)C(OC(C)(C)C)c1c(C)c2c(c(C)c1-c1ccc(C)cc1)CN(S(=O)(=O)C1CCCC1)CC2. The van der Waals surface area contributed by atoms with Crippen LogP contribution >= 0.6 is 0 Å². The lowest BCUT2D eigenvalue weighted by molar-refractivity contribution is -0.164. The van der Waals surface area contributed by atoms with Gasteiger partial charge in [0.05, 0.1) is 18.0 Å². The zero-order valence-corrected chi connectivity index (χ0v) is 24.1. The van der Waals surface area contributed by atoms with E-state index in [4.69, 9.17) is 9.47 Å². The number of carbonyl (C=O) groups is 1. The van der Waals surface area contributed by atoms with Crippen molar-refractivity contribution >= 4 is 16.0 Å². The molecule has 1 unspecified atom stereocenters. The van der Waals surface area contributed by atoms with Crippen molar-refractivity contribution in [2.75, 3.05) is 13.7 Å². The lowest BCUT2D eigenvalue weighted by Gasteiger charge is -2.36. The summed E-state index contributed by atoms with van der Waals surface area (Å²) in [6, 6.07) is 8.24. The van der Waals surface area contributed by atoms with Crippen molar-refractivity contribution in [1.29, 1.82) is 0 Å². The van der Waals surface area contributed by atoms with E-state index in [1.54, 1.807) is 4.31 Å². The van der Waals surface area contributed by atoms with Crippen LogP contribution in [0.4, 0.5) is 0 Å². The molecular weight excluding hydrogens is 486 g/mol. The molecule has 0 saturated heterocycles. The molecule has 1 aliphatic heterocycles. The molecule has 0 spiro atoms. The molecule has 1 fully saturated rings. The Labute approximate surface area is 222 Å². The van der Waals surface area contributed by atoms with E-state index in [1.165, 1.54) is 7.11 Å². The van der Waals surface area contributed by atoms with E-state index in [-0.39, 0.29) is 5.25 Å². The molecule has 0 aromatic heterocycles. The summed E-state index contributed by atoms with van der Waals surface area (Å²) in [5.41, 5.74) is 7.42. The van der Waals surface area contributed by atoms with Crippen LogP contribution in [0.5, 0.6) is 0 Å². The first-order valence-electron chi connectivity index (χ1n) is 13.3. The van der Waals surface area contributed by atoms with Crippen LogP contribution in [0.3, 0.4) is 0 Å². The minimum absolute atomic E-state index is 0.268. The Hall–Kier alpha value is -2.22. The number of nitrogens with zero attached hydrogens (tertiary/aromatic N) is 1. The van der Waals surface area contributed by atoms with Crippen LogP contribution in [0.2, 0.25) is 0 Å². The molecular formula is C30H41NO5S. The molecule has 0 bridgehead atoms. The van der Waals surface area contributed by atoms with Gasteiger partial charge < -0.3 is 9.47 Å². The van der Waals surface area contributed by atoms with Crippen LogP contribution in [0.15, 0.2) is 24.3 Å². The fourth-order valence-corrected chi connectivity index (χ4v) is 7.93. The lowest BCUT2D eigenvalue weighted by Crippen LogP contribution is -2.41. The van der Waals surface area contributed by atoms with Crippen LogP contribution < -0.4 is 0 Å². The minimum atomic E-state index is -3.35. The molecule has 1 saturated carbocycles. The third-order valence-electron chi connectivity index (χ3n) is 7.84. The second-order valence-electron chi connectivity index (χ2n) is 11.5. The van der Waals surface area contributed by atoms with E-state index in [0.29, 0.717) is 19.5 Å². The fraction of sp³-hybridized carbons (Fsp3) is 0.567. The first kappa shape index (κ1) is 27.8. The smallest absolute Gasteiger partial charge is 0.339 e. The summed E-state index contributed by atoms with van der Waals surface area (Å²) in [5, 5.41) is -0.268. The molecule has 7 heteroatoms. The Morgan fingerprint density at radius 2 is 1.62 bits per heavy atom. The van der Waals surface area contributed by atoms with E-state index >= 15 is 0 Å². The van der Waals surface area contributed by atoms with Gasteiger partial charge >= 0.3 is 5.97 Å². The van der Waals surface area contributed by atoms with Crippen molar-refractivity contribution in [3.05, 3.63) is 57.6 Å². The van der Waals surface area contributed by atoms with Crippen LogP contribution in [0.25, 0.3) is 11.1 Å². The molecule has 6 nitrogen and oxygen atoms in total. The van der Waals surface area contributed by atoms with Gasteiger partial charge in [-0.15, -0.1) is 0 Å². The maximum Gasteiger partial charge on any atom is 0.339 e. The molecule has 1 heterocycles. The fourth-order valence-electron chi connectivity index (χ4n) is 5.92. The largest absolute Gasteiger partial charge is 0.467 e. The van der Waals surface area contributed by atoms with Crippen molar-refractivity contribution in [1.82, 2.24) is 4.31 Å². The highest BCUT2D eigenvalue weighted by Gasteiger charge is 2.39. The second kappa shape index (κ2) is 10.5. The number of ether oxygens (including phenoxy) is 2. The first-order chi connectivity index (χ1) is 17.3. The van der Waals surface area contributed by atoms with Gasteiger partial charge in [0.1, 0.15) is 0 Å². The summed E-state index contributed by atoms with van der Waals surface area (Å²) >= 11 is 0. The van der Waals surface area contributed by atoms with Gasteiger partial charge in [0, 0.05) is 18.7 Å². The van der Waals surface area contributed by atoms with Crippen LogP contribution in [-0.2, 0) is 37.3 Å². The predicted octanol–water partition coefficient (Wildman–Crippen LogP) is 5.94. The number of hydrogen-bond donors (Lipinski definition) is 0. The number of methoxy groups -OCH3 is 1. The highest BCUT2D eigenvalue weighted by molar-refractivity contribution is 7.89. The maximum atomic E-state index is 13.5. The number of fused-ring (bicyclic) bond motifs is 1. The topological polar surface area (TPSA) is 72.9 Å². The zero-order chi connectivity index (χ0) is 27.1. The number of esters is 1. The molecule has 0 amide bonds. The van der Waals surface area contributed by atoms with Crippen molar-refractivity contribution in [3.8, 4) is 11.1 Å². The Bertz CT molecular complexity index is 1270. The lowest BCUT2D eigenvalue weighted by atomic mass is 9.80. The summed E-state index contributed by atoms with van der Waals surface area (Å²) in [5.74, 6) is -0.438. The minimum Gasteiger partial charge on any atom is -0.467 e. The van der Waals surface area contributed by atoms with Gasteiger partial charge in [-0.3, -0.25) is 0 Å². The standard InChI is InChI=1S/C30H41NO5S/c1-19-12-14-22(15-13-19)26-21(3)25-18-31(37(33,34)23-10-8-9-11-23)17-16-24(25)20(2)27(26)28(29(32)35-7)36-30(4,5)6/h12-15,23,28H,8-11,16-18H2,1-7H3. The van der Waals surface area contributed by atoms with E-state index in [0.717, 1.165) is 70.2 Å². The molecule has 2 aliphatic rings. The number of benzene rings is 2. The molecule has 2 aromatic carbocycles. The highest BCUT2D eigenvalue weighted by atomic mass is 32.2. The zero-order valence-electron chi connectivity index (χ0n) is 23.3.